The first-order chi connectivity index (χ1) is 10.7. The van der Waals surface area contributed by atoms with Crippen molar-refractivity contribution < 1.29 is 14.6 Å². The van der Waals surface area contributed by atoms with Crippen molar-refractivity contribution in [2.45, 2.75) is 38.2 Å². The van der Waals surface area contributed by atoms with Gasteiger partial charge in [0.2, 0.25) is 5.91 Å². The lowest BCUT2D eigenvalue weighted by Crippen LogP contribution is -2.41. The van der Waals surface area contributed by atoms with Gasteiger partial charge in [-0.2, -0.15) is 0 Å². The molecule has 0 aliphatic carbocycles. The first-order valence-electron chi connectivity index (χ1n) is 7.94. The zero-order chi connectivity index (χ0) is 15.8. The molecule has 1 aliphatic rings. The third-order valence-electron chi connectivity index (χ3n) is 4.02. The summed E-state index contributed by atoms with van der Waals surface area (Å²) < 4.78 is 5.68. The summed E-state index contributed by atoms with van der Waals surface area (Å²) in [5.41, 5.74) is 1.03. The standard InChI is InChI=1S/C17H24ClNO3/c18-16-5-2-1-4-14(16)6-7-17(21)19-10-8-15(9-11-19)22-13-3-12-20/h1-2,4-5,15,20H,3,6-13H2. The summed E-state index contributed by atoms with van der Waals surface area (Å²) in [7, 11) is 0. The Morgan fingerprint density at radius 3 is 2.73 bits per heavy atom. The lowest BCUT2D eigenvalue weighted by Gasteiger charge is -2.32. The summed E-state index contributed by atoms with van der Waals surface area (Å²) in [5.74, 6) is 0.189. The topological polar surface area (TPSA) is 49.8 Å². The van der Waals surface area contributed by atoms with E-state index >= 15 is 0 Å². The second-order valence-electron chi connectivity index (χ2n) is 5.62. The molecule has 1 N–H and O–H groups in total. The third-order valence-corrected chi connectivity index (χ3v) is 4.39. The van der Waals surface area contributed by atoms with Crippen LogP contribution in [-0.4, -0.2) is 48.3 Å². The minimum atomic E-state index is 0.166. The van der Waals surface area contributed by atoms with Crippen molar-refractivity contribution in [1.29, 1.82) is 0 Å². The molecule has 1 saturated heterocycles. The van der Waals surface area contributed by atoms with Crippen molar-refractivity contribution in [3.8, 4) is 0 Å². The maximum atomic E-state index is 12.3. The molecular formula is C17H24ClNO3. The van der Waals surface area contributed by atoms with Crippen LogP contribution in [0.3, 0.4) is 0 Å². The molecule has 1 aromatic rings. The number of hydrogen-bond acceptors (Lipinski definition) is 3. The second kappa shape index (κ2) is 9.13. The molecule has 2 rings (SSSR count). The molecule has 1 aliphatic heterocycles. The molecule has 0 radical (unpaired) electrons. The van der Waals surface area contributed by atoms with E-state index < -0.39 is 0 Å². The number of aliphatic hydroxyl groups is 1. The van der Waals surface area contributed by atoms with Gasteiger partial charge in [0.15, 0.2) is 0 Å². The zero-order valence-electron chi connectivity index (χ0n) is 12.8. The van der Waals surface area contributed by atoms with Crippen molar-refractivity contribution in [2.75, 3.05) is 26.3 Å². The van der Waals surface area contributed by atoms with Crippen molar-refractivity contribution in [1.82, 2.24) is 4.90 Å². The fourth-order valence-corrected chi connectivity index (χ4v) is 2.92. The normalized spacial score (nSPS) is 16.0. The molecule has 0 bridgehead atoms. The monoisotopic (exact) mass is 325 g/mol. The summed E-state index contributed by atoms with van der Waals surface area (Å²) in [6.45, 7) is 2.28. The van der Waals surface area contributed by atoms with Crippen molar-refractivity contribution in [3.05, 3.63) is 34.9 Å². The van der Waals surface area contributed by atoms with Crippen LogP contribution >= 0.6 is 11.6 Å². The SMILES string of the molecule is O=C(CCc1ccccc1Cl)N1CCC(OCCCO)CC1. The number of likely N-dealkylation sites (tertiary alicyclic amines) is 1. The maximum Gasteiger partial charge on any atom is 0.222 e. The van der Waals surface area contributed by atoms with Gasteiger partial charge in [-0.1, -0.05) is 29.8 Å². The van der Waals surface area contributed by atoms with Gasteiger partial charge in [0.05, 0.1) is 6.10 Å². The van der Waals surface area contributed by atoms with Crippen LogP contribution in [0.2, 0.25) is 5.02 Å². The molecule has 5 heteroatoms. The second-order valence-corrected chi connectivity index (χ2v) is 6.03. The van der Waals surface area contributed by atoms with Crippen LogP contribution < -0.4 is 0 Å². The van der Waals surface area contributed by atoms with Gasteiger partial charge in [0.25, 0.3) is 0 Å². The maximum absolute atomic E-state index is 12.3. The Labute approximate surface area is 137 Å². The van der Waals surface area contributed by atoms with Crippen LogP contribution in [0.5, 0.6) is 0 Å². The molecule has 0 aromatic heterocycles. The molecule has 0 atom stereocenters. The fraction of sp³-hybridized carbons (Fsp3) is 0.588. The number of carbonyl (C=O) groups is 1. The highest BCUT2D eigenvalue weighted by Gasteiger charge is 2.22. The number of carbonyl (C=O) groups excluding carboxylic acids is 1. The summed E-state index contributed by atoms with van der Waals surface area (Å²) in [6.07, 6.45) is 3.84. The lowest BCUT2D eigenvalue weighted by molar-refractivity contribution is -0.133. The highest BCUT2D eigenvalue weighted by atomic mass is 35.5. The lowest BCUT2D eigenvalue weighted by atomic mass is 10.1. The number of aryl methyl sites for hydroxylation is 1. The minimum Gasteiger partial charge on any atom is -0.396 e. The van der Waals surface area contributed by atoms with Crippen LogP contribution in [0.15, 0.2) is 24.3 Å². The number of ether oxygens (including phenoxy) is 1. The Bertz CT molecular complexity index is 473. The van der Waals surface area contributed by atoms with Crippen LogP contribution in [0.1, 0.15) is 31.2 Å². The van der Waals surface area contributed by atoms with E-state index in [4.69, 9.17) is 21.4 Å². The molecular weight excluding hydrogens is 302 g/mol. The van der Waals surface area contributed by atoms with E-state index in [1.165, 1.54) is 0 Å². The fourth-order valence-electron chi connectivity index (χ4n) is 2.69. The molecule has 122 valence electrons. The molecule has 1 fully saturated rings. The van der Waals surface area contributed by atoms with Gasteiger partial charge in [-0.25, -0.2) is 0 Å². The van der Waals surface area contributed by atoms with E-state index in [2.05, 4.69) is 0 Å². The summed E-state index contributed by atoms with van der Waals surface area (Å²) in [5, 5.41) is 9.47. The van der Waals surface area contributed by atoms with Gasteiger partial charge in [-0.05, 0) is 37.3 Å². The Kier molecular flexibility index (Phi) is 7.16. The average Bonchev–Trinajstić information content (AvgIpc) is 2.55. The number of rotatable bonds is 7. The highest BCUT2D eigenvalue weighted by molar-refractivity contribution is 6.31. The number of hydrogen-bond donors (Lipinski definition) is 1. The van der Waals surface area contributed by atoms with E-state index in [0.717, 1.165) is 36.5 Å². The van der Waals surface area contributed by atoms with Crippen LogP contribution in [-0.2, 0) is 16.0 Å². The molecule has 0 spiro atoms. The molecule has 1 amide bonds. The molecule has 22 heavy (non-hydrogen) atoms. The Balaban J connectivity index is 1.70. The van der Waals surface area contributed by atoms with Gasteiger partial charge in [0, 0.05) is 37.7 Å². The predicted octanol–water partition coefficient (Wildman–Crippen LogP) is 2.66. The number of benzene rings is 1. The van der Waals surface area contributed by atoms with E-state index in [0.29, 0.717) is 25.9 Å². The van der Waals surface area contributed by atoms with Gasteiger partial charge in [0.1, 0.15) is 0 Å². The van der Waals surface area contributed by atoms with Crippen LogP contribution in [0, 0.1) is 0 Å². The van der Waals surface area contributed by atoms with Crippen LogP contribution in [0.4, 0.5) is 0 Å². The van der Waals surface area contributed by atoms with E-state index in [1.807, 2.05) is 29.2 Å². The third kappa shape index (κ3) is 5.27. The molecule has 1 aromatic carbocycles. The number of amides is 1. The molecule has 0 unspecified atom stereocenters. The largest absolute Gasteiger partial charge is 0.396 e. The number of nitrogens with zero attached hydrogens (tertiary/aromatic N) is 1. The van der Waals surface area contributed by atoms with Crippen LogP contribution in [0.25, 0.3) is 0 Å². The highest BCUT2D eigenvalue weighted by Crippen LogP contribution is 2.19. The summed E-state index contributed by atoms with van der Waals surface area (Å²) in [6, 6.07) is 7.67. The van der Waals surface area contributed by atoms with Crippen molar-refractivity contribution in [3.63, 3.8) is 0 Å². The van der Waals surface area contributed by atoms with E-state index in [-0.39, 0.29) is 18.6 Å². The molecule has 4 nitrogen and oxygen atoms in total. The Morgan fingerprint density at radius 1 is 1.32 bits per heavy atom. The predicted molar refractivity (Wildman–Crippen MR) is 87.0 cm³/mol. The van der Waals surface area contributed by atoms with E-state index in [9.17, 15) is 4.79 Å². The van der Waals surface area contributed by atoms with Gasteiger partial charge in [-0.15, -0.1) is 0 Å². The quantitative estimate of drug-likeness (QED) is 0.784. The molecule has 1 heterocycles. The van der Waals surface area contributed by atoms with Gasteiger partial charge in [-0.3, -0.25) is 4.79 Å². The average molecular weight is 326 g/mol. The zero-order valence-corrected chi connectivity index (χ0v) is 13.6. The minimum absolute atomic E-state index is 0.166. The smallest absolute Gasteiger partial charge is 0.222 e. The number of aliphatic hydroxyl groups excluding tert-OH is 1. The van der Waals surface area contributed by atoms with E-state index in [1.54, 1.807) is 0 Å². The van der Waals surface area contributed by atoms with Gasteiger partial charge < -0.3 is 14.7 Å². The number of piperidine rings is 1. The first-order valence-corrected chi connectivity index (χ1v) is 8.32. The summed E-state index contributed by atoms with van der Waals surface area (Å²) >= 11 is 6.11. The van der Waals surface area contributed by atoms with Crippen molar-refractivity contribution in [2.24, 2.45) is 0 Å². The molecule has 0 saturated carbocycles. The van der Waals surface area contributed by atoms with Gasteiger partial charge >= 0.3 is 0 Å². The Hall–Kier alpha value is -1.10. The Morgan fingerprint density at radius 2 is 2.05 bits per heavy atom. The first kappa shape index (κ1) is 17.3. The number of halogens is 1. The summed E-state index contributed by atoms with van der Waals surface area (Å²) in [4.78, 5) is 14.2. The van der Waals surface area contributed by atoms with Crippen molar-refractivity contribution >= 4 is 17.5 Å².